The fourth-order valence-corrected chi connectivity index (χ4v) is 3.48. The first kappa shape index (κ1) is 19.1. The summed E-state index contributed by atoms with van der Waals surface area (Å²) in [6, 6.07) is 18.5. The number of carbonyl (C=O) groups is 1. The molecule has 4 rings (SSSR count). The van der Waals surface area contributed by atoms with Crippen molar-refractivity contribution in [1.82, 2.24) is 4.57 Å². The van der Waals surface area contributed by atoms with E-state index in [0.717, 1.165) is 40.0 Å². The monoisotopic (exact) mass is 405 g/mol. The van der Waals surface area contributed by atoms with Gasteiger partial charge in [-0.1, -0.05) is 36.4 Å². The molecule has 0 saturated carbocycles. The van der Waals surface area contributed by atoms with Crippen LogP contribution in [0.4, 0.5) is 11.4 Å². The molecular formula is C21H15N3O6. The van der Waals surface area contributed by atoms with Crippen molar-refractivity contribution >= 4 is 39.1 Å². The van der Waals surface area contributed by atoms with Crippen LogP contribution in [0.15, 0.2) is 66.7 Å². The van der Waals surface area contributed by atoms with Gasteiger partial charge in [0.2, 0.25) is 0 Å². The smallest absolute Gasteiger partial charge is 0.338 e. The van der Waals surface area contributed by atoms with Gasteiger partial charge >= 0.3 is 5.97 Å². The average molecular weight is 405 g/mol. The van der Waals surface area contributed by atoms with Crippen molar-refractivity contribution in [2.75, 3.05) is 6.61 Å². The van der Waals surface area contributed by atoms with Gasteiger partial charge in [-0.2, -0.15) is 0 Å². The Labute approximate surface area is 169 Å². The third-order valence-electron chi connectivity index (χ3n) is 4.79. The second-order valence-electron chi connectivity index (χ2n) is 6.57. The normalized spacial score (nSPS) is 10.9. The van der Waals surface area contributed by atoms with E-state index in [2.05, 4.69) is 0 Å². The number of nitro benzene ring substituents is 2. The Bertz CT molecular complexity index is 1230. The number of aromatic nitrogens is 1. The lowest BCUT2D eigenvalue weighted by Crippen LogP contribution is -2.12. The first-order chi connectivity index (χ1) is 14.5. The number of esters is 1. The van der Waals surface area contributed by atoms with Gasteiger partial charge in [0.15, 0.2) is 0 Å². The molecule has 0 aliphatic carbocycles. The number of para-hydroxylation sites is 2. The highest BCUT2D eigenvalue weighted by Crippen LogP contribution is 2.28. The molecule has 1 heterocycles. The topological polar surface area (TPSA) is 118 Å². The molecule has 4 aromatic rings. The van der Waals surface area contributed by atoms with Gasteiger partial charge in [0, 0.05) is 33.9 Å². The van der Waals surface area contributed by atoms with Gasteiger partial charge in [-0.25, -0.2) is 4.79 Å². The summed E-state index contributed by atoms with van der Waals surface area (Å²) in [5, 5.41) is 24.1. The summed E-state index contributed by atoms with van der Waals surface area (Å²) in [6.45, 7) is 0.356. The molecule has 9 nitrogen and oxygen atoms in total. The molecule has 0 unspecified atom stereocenters. The van der Waals surface area contributed by atoms with E-state index in [9.17, 15) is 25.0 Å². The number of rotatable bonds is 6. The Morgan fingerprint density at radius 1 is 0.833 bits per heavy atom. The molecule has 0 amide bonds. The van der Waals surface area contributed by atoms with E-state index in [1.807, 2.05) is 53.1 Å². The summed E-state index contributed by atoms with van der Waals surface area (Å²) in [7, 11) is 0. The zero-order valence-corrected chi connectivity index (χ0v) is 15.6. The van der Waals surface area contributed by atoms with Crippen molar-refractivity contribution in [3.05, 3.63) is 92.5 Å². The molecule has 1 aromatic heterocycles. The fraction of sp³-hybridized carbons (Fsp3) is 0.0952. The van der Waals surface area contributed by atoms with Crippen LogP contribution in [0.25, 0.3) is 21.8 Å². The maximum atomic E-state index is 12.4. The van der Waals surface area contributed by atoms with Crippen LogP contribution in [0, 0.1) is 20.2 Å². The molecule has 0 saturated heterocycles. The second kappa shape index (κ2) is 7.63. The summed E-state index contributed by atoms with van der Waals surface area (Å²) >= 11 is 0. The zero-order valence-electron chi connectivity index (χ0n) is 15.6. The fourth-order valence-electron chi connectivity index (χ4n) is 3.48. The summed E-state index contributed by atoms with van der Waals surface area (Å²) < 4.78 is 7.29. The van der Waals surface area contributed by atoms with E-state index in [4.69, 9.17) is 4.74 Å². The van der Waals surface area contributed by atoms with Crippen LogP contribution in [0.5, 0.6) is 0 Å². The number of nitrogens with zero attached hydrogens (tertiary/aromatic N) is 3. The summed E-state index contributed by atoms with van der Waals surface area (Å²) in [5.41, 5.74) is 0.650. The molecule has 0 radical (unpaired) electrons. The van der Waals surface area contributed by atoms with Gasteiger partial charge in [0.05, 0.1) is 28.0 Å². The van der Waals surface area contributed by atoms with Crippen molar-refractivity contribution < 1.29 is 19.4 Å². The third-order valence-corrected chi connectivity index (χ3v) is 4.79. The summed E-state index contributed by atoms with van der Waals surface area (Å²) in [4.78, 5) is 32.8. The first-order valence-corrected chi connectivity index (χ1v) is 9.02. The molecule has 0 aliphatic rings. The lowest BCUT2D eigenvalue weighted by Gasteiger charge is -2.09. The Kier molecular flexibility index (Phi) is 4.85. The van der Waals surface area contributed by atoms with Gasteiger partial charge in [-0.05, 0) is 12.1 Å². The number of benzene rings is 3. The van der Waals surface area contributed by atoms with Crippen LogP contribution >= 0.6 is 0 Å². The SMILES string of the molecule is O=C(OCCn1c2ccccc2c2ccccc21)c1cc([N+](=O)[O-])cc([N+](=O)[O-])c1. The summed E-state index contributed by atoms with van der Waals surface area (Å²) in [5.74, 6) is -0.859. The van der Waals surface area contributed by atoms with Crippen LogP contribution in [0.3, 0.4) is 0 Å². The molecule has 0 spiro atoms. The van der Waals surface area contributed by atoms with Crippen molar-refractivity contribution in [2.45, 2.75) is 6.54 Å². The van der Waals surface area contributed by atoms with Crippen LogP contribution in [0.2, 0.25) is 0 Å². The number of non-ortho nitro benzene ring substituents is 2. The van der Waals surface area contributed by atoms with Gasteiger partial charge in [-0.3, -0.25) is 20.2 Å². The minimum atomic E-state index is -0.859. The van der Waals surface area contributed by atoms with Gasteiger partial charge in [-0.15, -0.1) is 0 Å². The molecule has 3 aromatic carbocycles. The van der Waals surface area contributed by atoms with Crippen molar-refractivity contribution in [3.8, 4) is 0 Å². The van der Waals surface area contributed by atoms with E-state index < -0.39 is 27.2 Å². The molecule has 0 fully saturated rings. The van der Waals surface area contributed by atoms with Gasteiger partial charge < -0.3 is 9.30 Å². The van der Waals surface area contributed by atoms with E-state index >= 15 is 0 Å². The Balaban J connectivity index is 1.57. The molecule has 0 aliphatic heterocycles. The molecule has 0 bridgehead atoms. The third kappa shape index (κ3) is 3.44. The number of hydrogen-bond acceptors (Lipinski definition) is 6. The molecule has 9 heteroatoms. The minimum absolute atomic E-state index is 0.00199. The number of hydrogen-bond donors (Lipinski definition) is 0. The standard InChI is InChI=1S/C21H15N3O6/c25-21(14-11-15(23(26)27)13-16(12-14)24(28)29)30-10-9-22-19-7-3-1-5-17(19)18-6-2-4-8-20(18)22/h1-8,11-13H,9-10H2. The van der Waals surface area contributed by atoms with Crippen LogP contribution in [0.1, 0.15) is 10.4 Å². The van der Waals surface area contributed by atoms with Crippen molar-refractivity contribution in [3.63, 3.8) is 0 Å². The zero-order chi connectivity index (χ0) is 21.3. The highest BCUT2D eigenvalue weighted by Gasteiger charge is 2.21. The maximum Gasteiger partial charge on any atom is 0.338 e. The number of ether oxygens (including phenoxy) is 1. The molecule has 0 N–H and O–H groups in total. The second-order valence-corrected chi connectivity index (χ2v) is 6.57. The van der Waals surface area contributed by atoms with Crippen molar-refractivity contribution in [2.24, 2.45) is 0 Å². The van der Waals surface area contributed by atoms with E-state index in [1.54, 1.807) is 0 Å². The molecule has 150 valence electrons. The Morgan fingerprint density at radius 3 is 1.83 bits per heavy atom. The number of nitro groups is 2. The Hall–Kier alpha value is -4.27. The van der Waals surface area contributed by atoms with E-state index in [1.165, 1.54) is 0 Å². The Morgan fingerprint density at radius 2 is 1.33 bits per heavy atom. The van der Waals surface area contributed by atoms with E-state index in [0.29, 0.717) is 6.54 Å². The molecule has 30 heavy (non-hydrogen) atoms. The first-order valence-electron chi connectivity index (χ1n) is 9.02. The lowest BCUT2D eigenvalue weighted by molar-refractivity contribution is -0.394. The lowest BCUT2D eigenvalue weighted by atomic mass is 10.2. The van der Waals surface area contributed by atoms with Crippen molar-refractivity contribution in [1.29, 1.82) is 0 Å². The highest BCUT2D eigenvalue weighted by atomic mass is 16.6. The highest BCUT2D eigenvalue weighted by molar-refractivity contribution is 6.07. The predicted octanol–water partition coefficient (Wildman–Crippen LogP) is 4.47. The number of carbonyl (C=O) groups excluding carboxylic acids is 1. The van der Waals surface area contributed by atoms with Gasteiger partial charge in [0.1, 0.15) is 6.61 Å². The quantitative estimate of drug-likeness (QED) is 0.265. The van der Waals surface area contributed by atoms with E-state index in [-0.39, 0.29) is 12.2 Å². The largest absolute Gasteiger partial charge is 0.460 e. The van der Waals surface area contributed by atoms with Crippen LogP contribution in [-0.2, 0) is 11.3 Å². The molecular weight excluding hydrogens is 390 g/mol. The number of fused-ring (bicyclic) bond motifs is 3. The summed E-state index contributed by atoms with van der Waals surface area (Å²) in [6.07, 6.45) is 0. The van der Waals surface area contributed by atoms with Crippen LogP contribution < -0.4 is 0 Å². The average Bonchev–Trinajstić information content (AvgIpc) is 3.07. The van der Waals surface area contributed by atoms with Crippen LogP contribution in [-0.4, -0.2) is 27.0 Å². The maximum absolute atomic E-state index is 12.4. The predicted molar refractivity (Wildman–Crippen MR) is 109 cm³/mol. The minimum Gasteiger partial charge on any atom is -0.460 e. The van der Waals surface area contributed by atoms with Gasteiger partial charge in [0.25, 0.3) is 11.4 Å². The molecule has 0 atom stereocenters.